The van der Waals surface area contributed by atoms with E-state index in [2.05, 4.69) is 36.7 Å². The van der Waals surface area contributed by atoms with E-state index in [0.717, 1.165) is 11.3 Å². The average Bonchev–Trinajstić information content (AvgIpc) is 2.08. The summed E-state index contributed by atoms with van der Waals surface area (Å²) in [5.41, 5.74) is 3.40. The molecule has 0 aliphatic heterocycles. The second-order valence-corrected chi connectivity index (χ2v) is 2.66. The summed E-state index contributed by atoms with van der Waals surface area (Å²) in [6, 6.07) is 0. The lowest BCUT2D eigenvalue weighted by molar-refractivity contribution is 1.44. The van der Waals surface area contributed by atoms with Gasteiger partial charge in [0.1, 0.15) is 0 Å². The lowest BCUT2D eigenvalue weighted by Gasteiger charge is -2.07. The second kappa shape index (κ2) is 3.86. The van der Waals surface area contributed by atoms with E-state index in [1.165, 1.54) is 5.57 Å². The average molecular weight is 159 g/mol. The molecule has 0 N–H and O–H groups in total. The molecule has 0 saturated heterocycles. The van der Waals surface area contributed by atoms with Crippen molar-refractivity contribution in [2.45, 2.75) is 13.8 Å². The van der Waals surface area contributed by atoms with Crippen LogP contribution in [0.15, 0.2) is 53.2 Å². The zero-order valence-corrected chi connectivity index (χ0v) is 7.54. The summed E-state index contributed by atoms with van der Waals surface area (Å²) in [5, 5.41) is 0. The Balaban J connectivity index is 3.03. The van der Waals surface area contributed by atoms with Crippen molar-refractivity contribution in [1.82, 2.24) is 0 Å². The van der Waals surface area contributed by atoms with Crippen LogP contribution < -0.4 is 0 Å². The zero-order valence-electron chi connectivity index (χ0n) is 7.54. The van der Waals surface area contributed by atoms with Crippen molar-refractivity contribution >= 4 is 5.71 Å². The first-order valence-electron chi connectivity index (χ1n) is 3.99. The highest BCUT2D eigenvalue weighted by molar-refractivity contribution is 6.12. The van der Waals surface area contributed by atoms with E-state index < -0.39 is 0 Å². The maximum atomic E-state index is 4.15. The molecule has 1 nitrogen and oxygen atoms in total. The van der Waals surface area contributed by atoms with Gasteiger partial charge in [0.25, 0.3) is 0 Å². The predicted molar refractivity (Wildman–Crippen MR) is 54.3 cm³/mol. The molecule has 1 aliphatic carbocycles. The highest BCUT2D eigenvalue weighted by Gasteiger charge is 2.03. The SMILES string of the molecule is C=CN=C1C=CC(C)=C/C1=C/C. The molecule has 0 bridgehead atoms. The van der Waals surface area contributed by atoms with E-state index in [1.807, 2.05) is 13.0 Å². The fourth-order valence-corrected chi connectivity index (χ4v) is 1.12. The van der Waals surface area contributed by atoms with Crippen molar-refractivity contribution in [3.05, 3.63) is 48.2 Å². The Labute approximate surface area is 73.5 Å². The molecule has 0 amide bonds. The van der Waals surface area contributed by atoms with Gasteiger partial charge in [-0.3, -0.25) is 4.99 Å². The summed E-state index contributed by atoms with van der Waals surface area (Å²) in [4.78, 5) is 4.15. The minimum Gasteiger partial charge on any atom is -0.257 e. The zero-order chi connectivity index (χ0) is 8.97. The number of allylic oxidation sites excluding steroid dienone is 6. The summed E-state index contributed by atoms with van der Waals surface area (Å²) in [7, 11) is 0. The molecule has 0 aromatic rings. The number of nitrogens with zero attached hydrogens (tertiary/aromatic N) is 1. The Kier molecular flexibility index (Phi) is 2.81. The van der Waals surface area contributed by atoms with Gasteiger partial charge in [0.05, 0.1) is 5.71 Å². The van der Waals surface area contributed by atoms with Crippen LogP contribution >= 0.6 is 0 Å². The van der Waals surface area contributed by atoms with Gasteiger partial charge in [-0.2, -0.15) is 0 Å². The van der Waals surface area contributed by atoms with Gasteiger partial charge in [-0.05, 0) is 25.5 Å². The van der Waals surface area contributed by atoms with Crippen molar-refractivity contribution < 1.29 is 0 Å². The number of hydrogen-bond donors (Lipinski definition) is 0. The Bertz CT molecular complexity index is 301. The van der Waals surface area contributed by atoms with Crippen LogP contribution in [0.25, 0.3) is 0 Å². The third-order valence-electron chi connectivity index (χ3n) is 1.72. The van der Waals surface area contributed by atoms with E-state index in [9.17, 15) is 0 Å². The fraction of sp³-hybridized carbons (Fsp3) is 0.182. The fourth-order valence-electron chi connectivity index (χ4n) is 1.12. The van der Waals surface area contributed by atoms with E-state index in [4.69, 9.17) is 0 Å². The minimum atomic E-state index is 0.984. The first-order valence-corrected chi connectivity index (χ1v) is 3.99. The topological polar surface area (TPSA) is 12.4 Å². The molecule has 0 aromatic carbocycles. The van der Waals surface area contributed by atoms with Gasteiger partial charge in [0.2, 0.25) is 0 Å². The van der Waals surface area contributed by atoms with Crippen LogP contribution in [0.4, 0.5) is 0 Å². The van der Waals surface area contributed by atoms with Gasteiger partial charge in [-0.25, -0.2) is 0 Å². The molecule has 12 heavy (non-hydrogen) atoms. The molecule has 0 fully saturated rings. The van der Waals surface area contributed by atoms with Gasteiger partial charge in [0.15, 0.2) is 0 Å². The first kappa shape index (κ1) is 8.72. The van der Waals surface area contributed by atoms with Gasteiger partial charge < -0.3 is 0 Å². The van der Waals surface area contributed by atoms with Crippen LogP contribution in [-0.4, -0.2) is 5.71 Å². The van der Waals surface area contributed by atoms with Crippen molar-refractivity contribution in [2.24, 2.45) is 4.99 Å². The van der Waals surface area contributed by atoms with E-state index in [0.29, 0.717) is 0 Å². The molecular weight excluding hydrogens is 146 g/mol. The third-order valence-corrected chi connectivity index (χ3v) is 1.72. The van der Waals surface area contributed by atoms with Crippen molar-refractivity contribution in [3.63, 3.8) is 0 Å². The smallest absolute Gasteiger partial charge is 0.0698 e. The number of rotatable bonds is 1. The molecule has 0 spiro atoms. The van der Waals surface area contributed by atoms with Crippen molar-refractivity contribution in [2.75, 3.05) is 0 Å². The van der Waals surface area contributed by atoms with Crippen LogP contribution in [0.5, 0.6) is 0 Å². The molecule has 0 heterocycles. The van der Waals surface area contributed by atoms with Gasteiger partial charge in [-0.1, -0.05) is 30.4 Å². The monoisotopic (exact) mass is 159 g/mol. The predicted octanol–water partition coefficient (Wildman–Crippen LogP) is 3.03. The Morgan fingerprint density at radius 3 is 2.75 bits per heavy atom. The summed E-state index contributed by atoms with van der Waals surface area (Å²) in [6.07, 6.45) is 9.79. The minimum absolute atomic E-state index is 0.984. The summed E-state index contributed by atoms with van der Waals surface area (Å²) in [5.74, 6) is 0. The van der Waals surface area contributed by atoms with Crippen LogP contribution in [0.1, 0.15) is 13.8 Å². The summed E-state index contributed by atoms with van der Waals surface area (Å²) in [6.45, 7) is 7.66. The summed E-state index contributed by atoms with van der Waals surface area (Å²) >= 11 is 0. The van der Waals surface area contributed by atoms with Gasteiger partial charge in [-0.15, -0.1) is 0 Å². The highest BCUT2D eigenvalue weighted by Crippen LogP contribution is 2.13. The van der Waals surface area contributed by atoms with Crippen molar-refractivity contribution in [1.29, 1.82) is 0 Å². The quantitative estimate of drug-likeness (QED) is 0.557. The van der Waals surface area contributed by atoms with Crippen LogP contribution in [-0.2, 0) is 0 Å². The molecule has 0 radical (unpaired) electrons. The second-order valence-electron chi connectivity index (χ2n) is 2.66. The van der Waals surface area contributed by atoms with Crippen LogP contribution in [0.2, 0.25) is 0 Å². The molecule has 0 saturated carbocycles. The number of aliphatic imine (C=N–C) groups is 1. The van der Waals surface area contributed by atoms with Gasteiger partial charge >= 0.3 is 0 Å². The van der Waals surface area contributed by atoms with Crippen molar-refractivity contribution in [3.8, 4) is 0 Å². The Hall–Kier alpha value is -1.37. The largest absolute Gasteiger partial charge is 0.257 e. The lowest BCUT2D eigenvalue weighted by atomic mass is 10.0. The van der Waals surface area contributed by atoms with Crippen LogP contribution in [0, 0.1) is 0 Å². The third kappa shape index (κ3) is 1.82. The number of hydrogen-bond acceptors (Lipinski definition) is 1. The highest BCUT2D eigenvalue weighted by atomic mass is 14.7. The standard InChI is InChI=1S/C11H13N/c1-4-10-8-9(3)6-7-11(10)12-5-2/h4-8H,2H2,1,3H3/b10-4-,12-11?. The maximum Gasteiger partial charge on any atom is 0.0698 e. The molecule has 1 aliphatic rings. The molecule has 1 heteroatoms. The normalized spacial score (nSPS) is 23.0. The van der Waals surface area contributed by atoms with E-state index in [1.54, 1.807) is 6.20 Å². The Morgan fingerprint density at radius 1 is 1.42 bits per heavy atom. The lowest BCUT2D eigenvalue weighted by Crippen LogP contribution is -2.00. The maximum absolute atomic E-state index is 4.15. The molecule has 0 aromatic heterocycles. The summed E-state index contributed by atoms with van der Waals surface area (Å²) < 4.78 is 0. The van der Waals surface area contributed by atoms with Crippen LogP contribution in [0.3, 0.4) is 0 Å². The molecular formula is C11H13N. The molecule has 0 unspecified atom stereocenters. The Morgan fingerprint density at radius 2 is 2.17 bits per heavy atom. The first-order chi connectivity index (χ1) is 5.77. The van der Waals surface area contributed by atoms with Gasteiger partial charge in [0, 0.05) is 6.20 Å². The molecule has 1 rings (SSSR count). The van der Waals surface area contributed by atoms with E-state index >= 15 is 0 Å². The van der Waals surface area contributed by atoms with E-state index in [-0.39, 0.29) is 0 Å². The molecule has 0 atom stereocenters. The molecule has 62 valence electrons.